The second kappa shape index (κ2) is 10.4. The molecular formula is C22H23ClN2O3S. The normalized spacial score (nSPS) is 12.2. The van der Waals surface area contributed by atoms with Gasteiger partial charge in [-0.05, 0) is 49.8 Å². The number of nitrogens with zero attached hydrogens (tertiary/aromatic N) is 2. The fourth-order valence-electron chi connectivity index (χ4n) is 2.81. The molecule has 1 amide bonds. The molecule has 0 aliphatic rings. The van der Waals surface area contributed by atoms with E-state index >= 15 is 0 Å². The van der Waals surface area contributed by atoms with Gasteiger partial charge in [-0.25, -0.2) is 0 Å². The highest BCUT2D eigenvalue weighted by Crippen LogP contribution is 2.23. The molecule has 0 saturated carbocycles. The van der Waals surface area contributed by atoms with E-state index in [0.717, 1.165) is 21.5 Å². The Labute approximate surface area is 178 Å². The van der Waals surface area contributed by atoms with E-state index in [-0.39, 0.29) is 5.91 Å². The monoisotopic (exact) mass is 430 g/mol. The summed E-state index contributed by atoms with van der Waals surface area (Å²) in [6.45, 7) is 6.31. The summed E-state index contributed by atoms with van der Waals surface area (Å²) in [6.07, 6.45) is 3.11. The minimum Gasteiger partial charge on any atom is -0.494 e. The van der Waals surface area contributed by atoms with Gasteiger partial charge in [0.05, 0.1) is 23.4 Å². The average molecular weight is 431 g/mol. The van der Waals surface area contributed by atoms with E-state index < -0.39 is 0 Å². The first kappa shape index (κ1) is 21.3. The molecule has 5 nitrogen and oxygen atoms in total. The zero-order chi connectivity index (χ0) is 20.6. The summed E-state index contributed by atoms with van der Waals surface area (Å²) in [5.41, 5.74) is 1.78. The zero-order valence-corrected chi connectivity index (χ0v) is 18.0. The van der Waals surface area contributed by atoms with Gasteiger partial charge < -0.3 is 14.0 Å². The number of benzene rings is 2. The highest BCUT2D eigenvalue weighted by Gasteiger charge is 2.09. The molecule has 1 heterocycles. The lowest BCUT2D eigenvalue weighted by Crippen LogP contribution is -2.19. The molecular weight excluding hydrogens is 408 g/mol. The van der Waals surface area contributed by atoms with Crippen molar-refractivity contribution in [1.82, 2.24) is 4.57 Å². The van der Waals surface area contributed by atoms with Gasteiger partial charge >= 0.3 is 0 Å². The van der Waals surface area contributed by atoms with Crippen LogP contribution in [0.4, 0.5) is 0 Å². The van der Waals surface area contributed by atoms with Crippen LogP contribution in [0, 0.1) is 0 Å². The summed E-state index contributed by atoms with van der Waals surface area (Å²) in [4.78, 5) is 17.4. The molecule has 0 aliphatic heterocycles. The van der Waals surface area contributed by atoms with E-state index in [9.17, 15) is 4.79 Å². The SMILES string of the molecule is CCOCCn1c(=NC(=O)C=Cc2ccccc2Cl)sc2cc(OCC)ccc21. The van der Waals surface area contributed by atoms with Crippen molar-refractivity contribution < 1.29 is 14.3 Å². The minimum absolute atomic E-state index is 0.341. The number of carbonyl (C=O) groups excluding carboxylic acids is 1. The maximum absolute atomic E-state index is 12.5. The molecule has 29 heavy (non-hydrogen) atoms. The van der Waals surface area contributed by atoms with Crippen LogP contribution in [0.5, 0.6) is 5.75 Å². The maximum Gasteiger partial charge on any atom is 0.272 e. The summed E-state index contributed by atoms with van der Waals surface area (Å²) in [7, 11) is 0. The van der Waals surface area contributed by atoms with E-state index in [4.69, 9.17) is 21.1 Å². The first-order chi connectivity index (χ1) is 14.1. The van der Waals surface area contributed by atoms with Crippen molar-refractivity contribution in [3.8, 4) is 5.75 Å². The van der Waals surface area contributed by atoms with Gasteiger partial charge in [0, 0.05) is 24.3 Å². The predicted molar refractivity (Wildman–Crippen MR) is 119 cm³/mol. The van der Waals surface area contributed by atoms with E-state index in [1.165, 1.54) is 17.4 Å². The van der Waals surface area contributed by atoms with Crippen LogP contribution in [0.2, 0.25) is 5.02 Å². The Morgan fingerprint density at radius 3 is 2.79 bits per heavy atom. The number of hydrogen-bond acceptors (Lipinski definition) is 4. The second-order valence-electron chi connectivity index (χ2n) is 6.10. The van der Waals surface area contributed by atoms with Crippen LogP contribution in [0.1, 0.15) is 19.4 Å². The molecule has 152 valence electrons. The Hall–Kier alpha value is -2.41. The third-order valence-corrected chi connectivity index (χ3v) is 5.53. The topological polar surface area (TPSA) is 52.8 Å². The third kappa shape index (κ3) is 5.56. The molecule has 7 heteroatoms. The lowest BCUT2D eigenvalue weighted by molar-refractivity contribution is -0.113. The number of carbonyl (C=O) groups is 1. The van der Waals surface area contributed by atoms with E-state index in [2.05, 4.69) is 4.99 Å². The smallest absolute Gasteiger partial charge is 0.272 e. The largest absolute Gasteiger partial charge is 0.494 e. The molecule has 0 saturated heterocycles. The molecule has 1 aromatic heterocycles. The number of halogens is 1. The van der Waals surface area contributed by atoms with Crippen LogP contribution >= 0.6 is 22.9 Å². The molecule has 0 atom stereocenters. The van der Waals surface area contributed by atoms with Crippen molar-refractivity contribution in [3.63, 3.8) is 0 Å². The molecule has 2 aromatic carbocycles. The van der Waals surface area contributed by atoms with Crippen LogP contribution in [0.25, 0.3) is 16.3 Å². The first-order valence-electron chi connectivity index (χ1n) is 9.47. The molecule has 0 spiro atoms. The lowest BCUT2D eigenvalue weighted by atomic mass is 10.2. The maximum atomic E-state index is 12.5. The van der Waals surface area contributed by atoms with Crippen molar-refractivity contribution >= 4 is 45.1 Å². The quantitative estimate of drug-likeness (QED) is 0.376. The molecule has 0 radical (unpaired) electrons. The fraction of sp³-hybridized carbons (Fsp3) is 0.273. The Morgan fingerprint density at radius 2 is 2.03 bits per heavy atom. The number of ether oxygens (including phenoxy) is 2. The van der Waals surface area contributed by atoms with Crippen LogP contribution < -0.4 is 9.54 Å². The minimum atomic E-state index is -0.341. The van der Waals surface area contributed by atoms with Crippen molar-refractivity contribution in [3.05, 3.63) is 63.9 Å². The number of rotatable bonds is 8. The molecule has 3 rings (SSSR count). The standard InChI is InChI=1S/C22H23ClN2O3S/c1-3-27-14-13-25-19-11-10-17(28-4-2)15-20(19)29-22(25)24-21(26)12-9-16-7-5-6-8-18(16)23/h5-12,15H,3-4,13-14H2,1-2H3. The molecule has 0 aliphatic carbocycles. The fourth-order valence-corrected chi connectivity index (χ4v) is 4.10. The zero-order valence-electron chi connectivity index (χ0n) is 16.4. The van der Waals surface area contributed by atoms with Crippen molar-refractivity contribution in [2.45, 2.75) is 20.4 Å². The highest BCUT2D eigenvalue weighted by atomic mass is 35.5. The molecule has 3 aromatic rings. The number of thiazole rings is 1. The number of aromatic nitrogens is 1. The van der Waals surface area contributed by atoms with Crippen LogP contribution in [0.15, 0.2) is 53.5 Å². The summed E-state index contributed by atoms with van der Waals surface area (Å²) in [6, 6.07) is 13.3. The second-order valence-corrected chi connectivity index (χ2v) is 7.52. The average Bonchev–Trinajstić information content (AvgIpc) is 3.04. The lowest BCUT2D eigenvalue weighted by Gasteiger charge is -2.06. The molecule has 0 bridgehead atoms. The van der Waals surface area contributed by atoms with Crippen LogP contribution in [0.3, 0.4) is 0 Å². The van der Waals surface area contributed by atoms with Gasteiger partial charge in [0.15, 0.2) is 4.80 Å². The third-order valence-electron chi connectivity index (χ3n) is 4.15. The van der Waals surface area contributed by atoms with E-state index in [0.29, 0.717) is 36.2 Å². The van der Waals surface area contributed by atoms with Crippen molar-refractivity contribution in [2.75, 3.05) is 19.8 Å². The Bertz CT molecular complexity index is 1090. The van der Waals surface area contributed by atoms with Gasteiger partial charge in [0.1, 0.15) is 5.75 Å². The van der Waals surface area contributed by atoms with Gasteiger partial charge in [0.25, 0.3) is 5.91 Å². The van der Waals surface area contributed by atoms with E-state index in [1.54, 1.807) is 12.1 Å². The van der Waals surface area contributed by atoms with Gasteiger partial charge in [0.2, 0.25) is 0 Å². The molecule has 0 unspecified atom stereocenters. The first-order valence-corrected chi connectivity index (χ1v) is 10.7. The van der Waals surface area contributed by atoms with Gasteiger partial charge in [-0.1, -0.05) is 41.1 Å². The van der Waals surface area contributed by atoms with Crippen molar-refractivity contribution in [2.24, 2.45) is 4.99 Å². The van der Waals surface area contributed by atoms with Gasteiger partial charge in [-0.15, -0.1) is 0 Å². The van der Waals surface area contributed by atoms with Crippen LogP contribution in [-0.2, 0) is 16.1 Å². The molecule has 0 fully saturated rings. The number of fused-ring (bicyclic) bond motifs is 1. The van der Waals surface area contributed by atoms with Gasteiger partial charge in [-0.3, -0.25) is 4.79 Å². The number of amides is 1. The summed E-state index contributed by atoms with van der Waals surface area (Å²) >= 11 is 7.59. The van der Waals surface area contributed by atoms with Crippen LogP contribution in [-0.4, -0.2) is 30.3 Å². The molecule has 0 N–H and O–H groups in total. The Kier molecular flexibility index (Phi) is 7.63. The summed E-state index contributed by atoms with van der Waals surface area (Å²) in [5.74, 6) is 0.460. The predicted octanol–water partition coefficient (Wildman–Crippen LogP) is 4.93. The Morgan fingerprint density at radius 1 is 1.21 bits per heavy atom. The number of hydrogen-bond donors (Lipinski definition) is 0. The van der Waals surface area contributed by atoms with E-state index in [1.807, 2.05) is 54.8 Å². The Balaban J connectivity index is 1.95. The summed E-state index contributed by atoms with van der Waals surface area (Å²) < 4.78 is 14.1. The summed E-state index contributed by atoms with van der Waals surface area (Å²) in [5, 5.41) is 0.591. The highest BCUT2D eigenvalue weighted by molar-refractivity contribution is 7.16. The van der Waals surface area contributed by atoms with Crippen molar-refractivity contribution in [1.29, 1.82) is 0 Å². The van der Waals surface area contributed by atoms with Gasteiger partial charge in [-0.2, -0.15) is 4.99 Å².